The maximum Gasteiger partial charge on any atom is 0.260 e. The molecule has 0 aromatic carbocycles. The summed E-state index contributed by atoms with van der Waals surface area (Å²) in [5.41, 5.74) is 0.869. The van der Waals surface area contributed by atoms with Gasteiger partial charge in [-0.3, -0.25) is 4.79 Å². The predicted octanol–water partition coefficient (Wildman–Crippen LogP) is 3.94. The molecule has 0 unspecified atom stereocenters. The number of hydrogen-bond donors (Lipinski definition) is 1. The maximum absolute atomic E-state index is 12.7. The monoisotopic (exact) mass is 433 g/mol. The lowest BCUT2D eigenvalue weighted by molar-refractivity contribution is 0.189. The summed E-state index contributed by atoms with van der Waals surface area (Å²) in [4.78, 5) is 23.4. The first-order chi connectivity index (χ1) is 13.7. The van der Waals surface area contributed by atoms with E-state index >= 15 is 0 Å². The minimum absolute atomic E-state index is 0.0931. The van der Waals surface area contributed by atoms with Crippen LogP contribution in [0.2, 0.25) is 0 Å². The van der Waals surface area contributed by atoms with Crippen molar-refractivity contribution in [3.05, 3.63) is 44.9 Å². The van der Waals surface area contributed by atoms with Crippen LogP contribution in [0.5, 0.6) is 0 Å². The van der Waals surface area contributed by atoms with Crippen LogP contribution in [0.3, 0.4) is 0 Å². The van der Waals surface area contributed by atoms with Gasteiger partial charge in [0, 0.05) is 41.0 Å². The zero-order chi connectivity index (χ0) is 19.5. The third-order valence-electron chi connectivity index (χ3n) is 4.16. The molecule has 0 bridgehead atoms. The Bertz CT molecular complexity index is 1140. The van der Waals surface area contributed by atoms with Gasteiger partial charge >= 0.3 is 0 Å². The molecule has 4 aromatic rings. The summed E-state index contributed by atoms with van der Waals surface area (Å²) in [5, 5.41) is 11.6. The van der Waals surface area contributed by atoms with Crippen LogP contribution in [0.4, 0.5) is 0 Å². The topological polar surface area (TPSA) is 85.7 Å². The number of thiophene rings is 2. The van der Waals surface area contributed by atoms with Gasteiger partial charge in [0.05, 0.1) is 11.1 Å². The number of thioether (sulfide) groups is 1. The molecule has 0 saturated heterocycles. The van der Waals surface area contributed by atoms with Crippen LogP contribution in [0.1, 0.15) is 17.1 Å². The van der Waals surface area contributed by atoms with Crippen LogP contribution in [0.25, 0.3) is 20.7 Å². The third kappa shape index (κ3) is 4.04. The molecule has 4 heterocycles. The molecule has 10 heteroatoms. The lowest BCUT2D eigenvalue weighted by Gasteiger charge is -2.05. The Hall–Kier alpha value is -2.01. The second kappa shape index (κ2) is 8.56. The van der Waals surface area contributed by atoms with Crippen LogP contribution in [-0.2, 0) is 17.0 Å². The lowest BCUT2D eigenvalue weighted by Crippen LogP contribution is -2.11. The van der Waals surface area contributed by atoms with E-state index in [1.807, 2.05) is 9.95 Å². The Kier molecular flexibility index (Phi) is 5.90. The van der Waals surface area contributed by atoms with E-state index in [4.69, 9.17) is 4.74 Å². The molecule has 0 aliphatic heterocycles. The molecule has 0 spiro atoms. The number of H-pyrrole nitrogens is 1. The molecule has 0 aliphatic rings. The van der Waals surface area contributed by atoms with Crippen LogP contribution >= 0.6 is 34.4 Å². The van der Waals surface area contributed by atoms with Crippen molar-refractivity contribution >= 4 is 44.7 Å². The van der Waals surface area contributed by atoms with Gasteiger partial charge in [0.1, 0.15) is 17.0 Å². The van der Waals surface area contributed by atoms with Gasteiger partial charge in [-0.1, -0.05) is 11.8 Å². The fraction of sp³-hybridized carbons (Fsp3) is 0.333. The Morgan fingerprint density at radius 3 is 3.04 bits per heavy atom. The molecule has 0 saturated carbocycles. The number of aromatic amines is 1. The van der Waals surface area contributed by atoms with E-state index in [0.717, 1.165) is 33.4 Å². The minimum Gasteiger partial charge on any atom is -0.385 e. The highest BCUT2D eigenvalue weighted by Gasteiger charge is 2.15. The minimum atomic E-state index is -0.0931. The summed E-state index contributed by atoms with van der Waals surface area (Å²) >= 11 is 4.70. The molecule has 0 radical (unpaired) electrons. The first kappa shape index (κ1) is 19.3. The van der Waals surface area contributed by atoms with Crippen LogP contribution in [0, 0.1) is 6.92 Å². The number of nitrogens with zero attached hydrogens (tertiary/aromatic N) is 4. The second-order valence-electron chi connectivity index (χ2n) is 6.19. The summed E-state index contributed by atoms with van der Waals surface area (Å²) in [6.07, 6.45) is 2.61. The number of methoxy groups -OCH3 is 1. The van der Waals surface area contributed by atoms with Crippen molar-refractivity contribution in [1.29, 1.82) is 0 Å². The molecule has 0 amide bonds. The van der Waals surface area contributed by atoms with E-state index in [0.29, 0.717) is 23.6 Å². The van der Waals surface area contributed by atoms with E-state index < -0.39 is 0 Å². The molecule has 0 aliphatic carbocycles. The van der Waals surface area contributed by atoms with Crippen molar-refractivity contribution in [3.63, 3.8) is 0 Å². The van der Waals surface area contributed by atoms with Crippen LogP contribution < -0.4 is 5.56 Å². The van der Waals surface area contributed by atoms with E-state index in [-0.39, 0.29) is 5.56 Å². The quantitative estimate of drug-likeness (QED) is 0.335. The van der Waals surface area contributed by atoms with Crippen molar-refractivity contribution in [2.45, 2.75) is 30.8 Å². The fourth-order valence-corrected chi connectivity index (χ4v) is 5.58. The van der Waals surface area contributed by atoms with Gasteiger partial charge in [-0.15, -0.1) is 32.9 Å². The van der Waals surface area contributed by atoms with E-state index in [1.165, 1.54) is 28.0 Å². The Morgan fingerprint density at radius 1 is 1.36 bits per heavy atom. The summed E-state index contributed by atoms with van der Waals surface area (Å²) < 4.78 is 7.08. The highest BCUT2D eigenvalue weighted by atomic mass is 32.2. The molecule has 4 aromatic heterocycles. The van der Waals surface area contributed by atoms with Crippen LogP contribution in [-0.4, -0.2) is 38.4 Å². The summed E-state index contributed by atoms with van der Waals surface area (Å²) in [5.74, 6) is 1.17. The van der Waals surface area contributed by atoms with Crippen molar-refractivity contribution in [1.82, 2.24) is 24.7 Å². The number of ether oxygens (including phenoxy) is 1. The number of hydrogen-bond acceptors (Lipinski definition) is 8. The van der Waals surface area contributed by atoms with Gasteiger partial charge in [-0.2, -0.15) is 0 Å². The number of rotatable bonds is 8. The molecular weight excluding hydrogens is 414 g/mol. The third-order valence-corrected chi connectivity index (χ3v) is 7.06. The smallest absolute Gasteiger partial charge is 0.260 e. The molecule has 7 nitrogen and oxygen atoms in total. The predicted molar refractivity (Wildman–Crippen MR) is 114 cm³/mol. The summed E-state index contributed by atoms with van der Waals surface area (Å²) in [6.45, 7) is 3.55. The first-order valence-corrected chi connectivity index (χ1v) is 11.4. The molecule has 0 fully saturated rings. The number of nitrogens with one attached hydrogen (secondary N) is 1. The van der Waals surface area contributed by atoms with Crippen molar-refractivity contribution < 1.29 is 4.74 Å². The van der Waals surface area contributed by atoms with E-state index in [9.17, 15) is 4.79 Å². The fourth-order valence-electron chi connectivity index (χ4n) is 2.84. The molecule has 0 atom stereocenters. The first-order valence-electron chi connectivity index (χ1n) is 8.72. The average molecular weight is 434 g/mol. The van der Waals surface area contributed by atoms with Gasteiger partial charge in [-0.25, -0.2) is 4.98 Å². The highest BCUT2D eigenvalue weighted by molar-refractivity contribution is 7.98. The van der Waals surface area contributed by atoms with Crippen molar-refractivity contribution in [3.8, 4) is 10.4 Å². The average Bonchev–Trinajstić information content (AvgIpc) is 3.40. The Labute approximate surface area is 173 Å². The highest BCUT2D eigenvalue weighted by Crippen LogP contribution is 2.35. The normalized spacial score (nSPS) is 11.5. The van der Waals surface area contributed by atoms with Gasteiger partial charge in [-0.05, 0) is 25.5 Å². The Balaban J connectivity index is 1.53. The Morgan fingerprint density at radius 2 is 2.25 bits per heavy atom. The van der Waals surface area contributed by atoms with Crippen molar-refractivity contribution in [2.75, 3.05) is 13.7 Å². The molecule has 4 rings (SSSR count). The number of fused-ring (bicyclic) bond motifs is 1. The van der Waals surface area contributed by atoms with Gasteiger partial charge in [0.2, 0.25) is 0 Å². The summed E-state index contributed by atoms with van der Waals surface area (Å²) in [7, 11) is 1.69. The lowest BCUT2D eigenvalue weighted by atomic mass is 10.2. The SMILES string of the molecule is COCCCn1cnnc1SCc1nc2scc(-c3ccc(C)s3)c2c(=O)[nH]1. The number of aryl methyl sites for hydroxylation is 2. The largest absolute Gasteiger partial charge is 0.385 e. The van der Waals surface area contributed by atoms with Gasteiger partial charge in [0.15, 0.2) is 5.16 Å². The molecule has 1 N–H and O–H groups in total. The molecular formula is C18H19N5O2S3. The van der Waals surface area contributed by atoms with E-state index in [2.05, 4.69) is 39.2 Å². The summed E-state index contributed by atoms with van der Waals surface area (Å²) in [6, 6.07) is 4.13. The number of aromatic nitrogens is 5. The maximum atomic E-state index is 12.7. The zero-order valence-corrected chi connectivity index (χ0v) is 17.9. The van der Waals surface area contributed by atoms with Crippen LogP contribution in [0.15, 0.2) is 33.8 Å². The van der Waals surface area contributed by atoms with Gasteiger partial charge < -0.3 is 14.3 Å². The zero-order valence-electron chi connectivity index (χ0n) is 15.5. The van der Waals surface area contributed by atoms with Crippen molar-refractivity contribution in [2.24, 2.45) is 0 Å². The van der Waals surface area contributed by atoms with E-state index in [1.54, 1.807) is 24.8 Å². The van der Waals surface area contributed by atoms with Gasteiger partial charge in [0.25, 0.3) is 5.56 Å². The molecule has 28 heavy (non-hydrogen) atoms. The standard InChI is InChI=1S/C18H19N5O2S3/c1-11-4-5-13(28-11)12-8-26-17-15(12)16(24)20-14(21-17)9-27-18-22-19-10-23(18)6-3-7-25-2/h4-5,8,10H,3,6-7,9H2,1-2H3,(H,20,21,24). The molecule has 146 valence electrons. The second-order valence-corrected chi connectivity index (χ2v) is 9.28.